The predicted octanol–water partition coefficient (Wildman–Crippen LogP) is 2.97. The number of nitrogens with zero attached hydrogens (tertiary/aromatic N) is 2. The largest absolute Gasteiger partial charge is 0.207 e. The van der Waals surface area contributed by atoms with Crippen molar-refractivity contribution in [3.8, 4) is 0 Å². The normalized spacial score (nSPS) is 10.7. The third kappa shape index (κ3) is 2.41. The summed E-state index contributed by atoms with van der Waals surface area (Å²) in [6.07, 6.45) is 1.10. The molecule has 0 amide bonds. The Bertz CT molecular complexity index is 496. The van der Waals surface area contributed by atoms with Gasteiger partial charge in [-0.1, -0.05) is 6.92 Å². The summed E-state index contributed by atoms with van der Waals surface area (Å²) < 4.78 is 26.3. The average Bonchev–Trinajstić information content (AvgIpc) is 2.71. The molecule has 1 aromatic heterocycles. The van der Waals surface area contributed by atoms with Crippen LogP contribution in [0.15, 0.2) is 18.2 Å². The molecule has 1 aromatic carbocycles. The molecule has 2 aromatic rings. The van der Waals surface area contributed by atoms with Crippen molar-refractivity contribution in [1.82, 2.24) is 10.2 Å². The molecular weight excluding hydrogens is 230 g/mol. The topological polar surface area (TPSA) is 25.8 Å². The molecule has 0 fully saturated rings. The van der Waals surface area contributed by atoms with Crippen LogP contribution in [0.1, 0.15) is 22.5 Å². The maximum Gasteiger partial charge on any atom is 0.127 e. The number of halogens is 2. The van der Waals surface area contributed by atoms with E-state index in [0.29, 0.717) is 17.0 Å². The van der Waals surface area contributed by atoms with Crippen LogP contribution in [0.3, 0.4) is 0 Å². The van der Waals surface area contributed by atoms with Gasteiger partial charge in [0, 0.05) is 6.42 Å². The minimum Gasteiger partial charge on any atom is -0.207 e. The SMILES string of the molecule is CCc1nnc(Cc2cc(F)ccc2F)s1. The summed E-state index contributed by atoms with van der Waals surface area (Å²) >= 11 is 1.43. The summed E-state index contributed by atoms with van der Waals surface area (Å²) in [7, 11) is 0. The second-order valence-electron chi connectivity index (χ2n) is 3.36. The van der Waals surface area contributed by atoms with E-state index in [0.717, 1.165) is 23.6 Å². The molecular formula is C11H10F2N2S. The lowest BCUT2D eigenvalue weighted by molar-refractivity contribution is 0.588. The molecule has 0 aliphatic rings. The lowest BCUT2D eigenvalue weighted by Gasteiger charge is -1.99. The lowest BCUT2D eigenvalue weighted by atomic mass is 10.1. The highest BCUT2D eigenvalue weighted by Crippen LogP contribution is 2.18. The fraction of sp³-hybridized carbons (Fsp3) is 0.273. The standard InChI is InChI=1S/C11H10F2N2S/c1-2-10-14-15-11(16-10)6-7-5-8(12)3-4-9(7)13/h3-5H,2,6H2,1H3. The van der Waals surface area contributed by atoms with Gasteiger partial charge >= 0.3 is 0 Å². The van der Waals surface area contributed by atoms with E-state index in [2.05, 4.69) is 10.2 Å². The number of aryl methyl sites for hydroxylation is 1. The zero-order valence-electron chi connectivity index (χ0n) is 8.70. The van der Waals surface area contributed by atoms with E-state index in [1.165, 1.54) is 17.4 Å². The maximum absolute atomic E-state index is 13.3. The van der Waals surface area contributed by atoms with Crippen LogP contribution in [-0.2, 0) is 12.8 Å². The van der Waals surface area contributed by atoms with Crippen molar-refractivity contribution < 1.29 is 8.78 Å². The summed E-state index contributed by atoms with van der Waals surface area (Å²) in [6.45, 7) is 1.98. The highest BCUT2D eigenvalue weighted by molar-refractivity contribution is 7.11. The first kappa shape index (κ1) is 11.1. The van der Waals surface area contributed by atoms with Crippen LogP contribution in [-0.4, -0.2) is 10.2 Å². The van der Waals surface area contributed by atoms with Gasteiger partial charge in [0.25, 0.3) is 0 Å². The van der Waals surface area contributed by atoms with E-state index in [-0.39, 0.29) is 0 Å². The summed E-state index contributed by atoms with van der Waals surface area (Å²) in [4.78, 5) is 0. The minimum absolute atomic E-state index is 0.293. The van der Waals surface area contributed by atoms with Crippen LogP contribution in [0.2, 0.25) is 0 Å². The number of hydrogen-bond donors (Lipinski definition) is 0. The molecule has 2 nitrogen and oxygen atoms in total. The molecule has 0 bridgehead atoms. The van der Waals surface area contributed by atoms with E-state index in [1.807, 2.05) is 6.92 Å². The van der Waals surface area contributed by atoms with Crippen LogP contribution in [0.5, 0.6) is 0 Å². The van der Waals surface area contributed by atoms with Crippen LogP contribution in [0.4, 0.5) is 8.78 Å². The average molecular weight is 240 g/mol. The Morgan fingerprint density at radius 2 is 1.94 bits per heavy atom. The van der Waals surface area contributed by atoms with Crippen molar-refractivity contribution in [3.63, 3.8) is 0 Å². The molecule has 0 aliphatic carbocycles. The van der Waals surface area contributed by atoms with Crippen molar-refractivity contribution in [2.75, 3.05) is 0 Å². The van der Waals surface area contributed by atoms with Gasteiger partial charge in [-0.15, -0.1) is 21.5 Å². The van der Waals surface area contributed by atoms with Gasteiger partial charge in [0.2, 0.25) is 0 Å². The quantitative estimate of drug-likeness (QED) is 0.824. The van der Waals surface area contributed by atoms with Gasteiger partial charge in [0.1, 0.15) is 21.6 Å². The van der Waals surface area contributed by atoms with Crippen molar-refractivity contribution in [1.29, 1.82) is 0 Å². The Labute approximate surface area is 96.0 Å². The van der Waals surface area contributed by atoms with Gasteiger partial charge in [-0.2, -0.15) is 0 Å². The molecule has 84 valence electrons. The molecule has 0 saturated heterocycles. The summed E-state index contributed by atoms with van der Waals surface area (Å²) in [6, 6.07) is 3.44. The first-order chi connectivity index (χ1) is 7.69. The predicted molar refractivity (Wildman–Crippen MR) is 58.5 cm³/mol. The van der Waals surface area contributed by atoms with E-state index in [4.69, 9.17) is 0 Å². The van der Waals surface area contributed by atoms with Crippen LogP contribution >= 0.6 is 11.3 Å². The number of rotatable bonds is 3. The Kier molecular flexibility index (Phi) is 3.24. The van der Waals surface area contributed by atoms with E-state index in [1.54, 1.807) is 0 Å². The van der Waals surface area contributed by atoms with Crippen molar-refractivity contribution in [2.45, 2.75) is 19.8 Å². The van der Waals surface area contributed by atoms with Crippen LogP contribution in [0, 0.1) is 11.6 Å². The molecule has 0 radical (unpaired) electrons. The third-order valence-corrected chi connectivity index (χ3v) is 3.23. The van der Waals surface area contributed by atoms with E-state index >= 15 is 0 Å². The molecule has 0 spiro atoms. The second kappa shape index (κ2) is 4.65. The highest BCUT2D eigenvalue weighted by atomic mass is 32.1. The van der Waals surface area contributed by atoms with Crippen molar-refractivity contribution in [2.24, 2.45) is 0 Å². The zero-order valence-corrected chi connectivity index (χ0v) is 9.52. The number of hydrogen-bond acceptors (Lipinski definition) is 3. The maximum atomic E-state index is 13.3. The number of aromatic nitrogens is 2. The lowest BCUT2D eigenvalue weighted by Crippen LogP contribution is -1.93. The monoisotopic (exact) mass is 240 g/mol. The summed E-state index contributed by atoms with van der Waals surface area (Å²) in [5.74, 6) is -0.841. The summed E-state index contributed by atoms with van der Waals surface area (Å²) in [5, 5.41) is 9.49. The molecule has 0 aliphatic heterocycles. The van der Waals surface area contributed by atoms with Crippen LogP contribution < -0.4 is 0 Å². The Morgan fingerprint density at radius 1 is 1.19 bits per heavy atom. The molecule has 2 rings (SSSR count). The zero-order chi connectivity index (χ0) is 11.5. The second-order valence-corrected chi connectivity index (χ2v) is 4.50. The van der Waals surface area contributed by atoms with Gasteiger partial charge in [0.15, 0.2) is 0 Å². The first-order valence-corrected chi connectivity index (χ1v) is 5.76. The Balaban J connectivity index is 2.22. The smallest absolute Gasteiger partial charge is 0.127 e. The van der Waals surface area contributed by atoms with E-state index in [9.17, 15) is 8.78 Å². The van der Waals surface area contributed by atoms with Crippen molar-refractivity contribution in [3.05, 3.63) is 45.4 Å². The molecule has 16 heavy (non-hydrogen) atoms. The molecule has 0 N–H and O–H groups in total. The number of benzene rings is 1. The third-order valence-electron chi connectivity index (χ3n) is 2.16. The summed E-state index contributed by atoms with van der Waals surface area (Å²) in [5.41, 5.74) is 0.318. The fourth-order valence-corrected chi connectivity index (χ4v) is 2.15. The van der Waals surface area contributed by atoms with Gasteiger partial charge in [-0.25, -0.2) is 8.78 Å². The molecule has 0 atom stereocenters. The first-order valence-electron chi connectivity index (χ1n) is 4.94. The Morgan fingerprint density at radius 3 is 2.62 bits per heavy atom. The molecule has 0 unspecified atom stereocenters. The van der Waals surface area contributed by atoms with Gasteiger partial charge in [-0.05, 0) is 30.2 Å². The van der Waals surface area contributed by atoms with Gasteiger partial charge in [-0.3, -0.25) is 0 Å². The van der Waals surface area contributed by atoms with Gasteiger partial charge < -0.3 is 0 Å². The van der Waals surface area contributed by atoms with E-state index < -0.39 is 11.6 Å². The van der Waals surface area contributed by atoms with Gasteiger partial charge in [0.05, 0.1) is 0 Å². The molecule has 5 heteroatoms. The fourth-order valence-electron chi connectivity index (χ4n) is 1.34. The molecule has 0 saturated carbocycles. The highest BCUT2D eigenvalue weighted by Gasteiger charge is 2.08. The van der Waals surface area contributed by atoms with Crippen molar-refractivity contribution >= 4 is 11.3 Å². The molecule has 1 heterocycles. The minimum atomic E-state index is -0.434. The van der Waals surface area contributed by atoms with Crippen LogP contribution in [0.25, 0.3) is 0 Å². The Hall–Kier alpha value is -1.36.